The number of alkyl halides is 1. The molecule has 2 nitrogen and oxygen atoms in total. The second-order valence-corrected chi connectivity index (χ2v) is 2.17. The van der Waals surface area contributed by atoms with Crippen molar-refractivity contribution in [2.75, 3.05) is 6.54 Å². The molecule has 0 aliphatic carbocycles. The lowest BCUT2D eigenvalue weighted by Gasteiger charge is -2.10. The average molecular weight is 118 g/mol. The highest BCUT2D eigenvalue weighted by Gasteiger charge is 2.13. The summed E-state index contributed by atoms with van der Waals surface area (Å²) in [6, 6.07) is 0. The summed E-state index contributed by atoms with van der Waals surface area (Å²) >= 11 is 0. The van der Waals surface area contributed by atoms with Gasteiger partial charge >= 0.3 is 6.41 Å². The lowest BCUT2D eigenvalue weighted by molar-refractivity contribution is 0.219. The van der Waals surface area contributed by atoms with Gasteiger partial charge in [-0.15, -0.1) is 0 Å². The SMILES string of the molecule is CC(C)(F)CN[C]=O. The maximum atomic E-state index is 12.3. The molecule has 0 bridgehead atoms. The summed E-state index contributed by atoms with van der Waals surface area (Å²) < 4.78 is 12.3. The van der Waals surface area contributed by atoms with E-state index in [0.717, 1.165) is 0 Å². The van der Waals surface area contributed by atoms with Crippen molar-refractivity contribution in [3.05, 3.63) is 0 Å². The van der Waals surface area contributed by atoms with E-state index in [-0.39, 0.29) is 6.54 Å². The third-order valence-electron chi connectivity index (χ3n) is 0.581. The molecule has 0 saturated heterocycles. The van der Waals surface area contributed by atoms with Crippen molar-refractivity contribution in [1.82, 2.24) is 5.32 Å². The second-order valence-electron chi connectivity index (χ2n) is 2.17. The van der Waals surface area contributed by atoms with Crippen molar-refractivity contribution in [2.45, 2.75) is 19.5 Å². The summed E-state index contributed by atoms with van der Waals surface area (Å²) in [5, 5.41) is 2.11. The molecule has 3 heteroatoms. The molecule has 47 valence electrons. The Kier molecular flexibility index (Phi) is 2.45. The molecular formula is C5H9FNO. The Labute approximate surface area is 48.1 Å². The minimum Gasteiger partial charge on any atom is -0.345 e. The Bertz CT molecular complexity index is 77.0. The monoisotopic (exact) mass is 118 g/mol. The molecule has 0 aromatic heterocycles. The number of rotatable bonds is 3. The molecule has 0 spiro atoms. The van der Waals surface area contributed by atoms with E-state index in [9.17, 15) is 9.18 Å². The Balaban J connectivity index is 3.24. The van der Waals surface area contributed by atoms with Gasteiger partial charge in [-0.05, 0) is 13.8 Å². The van der Waals surface area contributed by atoms with Crippen molar-refractivity contribution < 1.29 is 9.18 Å². The number of hydrogen-bond donors (Lipinski definition) is 1. The van der Waals surface area contributed by atoms with Crippen LogP contribution in [-0.4, -0.2) is 18.6 Å². The standard InChI is InChI=1S/C5H9FNO/c1-5(2,6)3-7-4-8/h3H2,1-2H3,(H,7,8). The third-order valence-corrected chi connectivity index (χ3v) is 0.581. The zero-order valence-corrected chi connectivity index (χ0v) is 4.99. The van der Waals surface area contributed by atoms with Crippen molar-refractivity contribution in [3.8, 4) is 0 Å². The van der Waals surface area contributed by atoms with Gasteiger partial charge in [-0.2, -0.15) is 0 Å². The molecule has 0 fully saturated rings. The van der Waals surface area contributed by atoms with Gasteiger partial charge in [0, 0.05) is 0 Å². The molecule has 0 aromatic carbocycles. The Morgan fingerprint density at radius 3 is 2.38 bits per heavy atom. The highest BCUT2D eigenvalue weighted by molar-refractivity contribution is 5.47. The van der Waals surface area contributed by atoms with E-state index in [1.165, 1.54) is 20.3 Å². The van der Waals surface area contributed by atoms with Crippen LogP contribution in [0.1, 0.15) is 13.8 Å². The summed E-state index contributed by atoms with van der Waals surface area (Å²) in [4.78, 5) is 9.45. The molecule has 0 aliphatic rings. The van der Waals surface area contributed by atoms with Gasteiger partial charge in [-0.1, -0.05) is 0 Å². The fraction of sp³-hybridized carbons (Fsp3) is 0.800. The number of amides is 1. The minimum atomic E-state index is -1.32. The summed E-state index contributed by atoms with van der Waals surface area (Å²) in [5.41, 5.74) is -1.32. The van der Waals surface area contributed by atoms with Gasteiger partial charge in [0.15, 0.2) is 0 Å². The van der Waals surface area contributed by atoms with E-state index in [2.05, 4.69) is 5.32 Å². The fourth-order valence-electron chi connectivity index (χ4n) is 0.246. The minimum absolute atomic E-state index is 0.0243. The fourth-order valence-corrected chi connectivity index (χ4v) is 0.246. The maximum absolute atomic E-state index is 12.3. The molecule has 1 amide bonds. The molecule has 0 unspecified atom stereocenters. The number of halogens is 1. The van der Waals surface area contributed by atoms with Gasteiger partial charge < -0.3 is 5.32 Å². The van der Waals surface area contributed by atoms with Crippen LogP contribution in [0.5, 0.6) is 0 Å². The van der Waals surface area contributed by atoms with Crippen LogP contribution in [0.4, 0.5) is 4.39 Å². The zero-order valence-electron chi connectivity index (χ0n) is 4.99. The first-order valence-electron chi connectivity index (χ1n) is 2.35. The molecule has 0 saturated carbocycles. The van der Waals surface area contributed by atoms with Gasteiger partial charge in [-0.25, -0.2) is 4.39 Å². The van der Waals surface area contributed by atoms with Crippen molar-refractivity contribution >= 4 is 6.41 Å². The Morgan fingerprint density at radius 1 is 1.75 bits per heavy atom. The van der Waals surface area contributed by atoms with Crippen LogP contribution in [0.15, 0.2) is 0 Å². The van der Waals surface area contributed by atoms with Gasteiger partial charge in [0.1, 0.15) is 5.67 Å². The summed E-state index contributed by atoms with van der Waals surface area (Å²) in [6.45, 7) is 2.80. The average Bonchev–Trinajstić information content (AvgIpc) is 1.59. The highest BCUT2D eigenvalue weighted by atomic mass is 19.1. The maximum Gasteiger partial charge on any atom is 0.309 e. The first kappa shape index (κ1) is 7.40. The first-order chi connectivity index (χ1) is 3.56. The second kappa shape index (κ2) is 2.64. The quantitative estimate of drug-likeness (QED) is 0.534. The number of carbonyl (C=O) groups excluding carboxylic acids is 1. The molecule has 0 heterocycles. The van der Waals surface area contributed by atoms with Crippen LogP contribution in [0.25, 0.3) is 0 Å². The van der Waals surface area contributed by atoms with Gasteiger partial charge in [0.05, 0.1) is 6.54 Å². The third kappa shape index (κ3) is 5.40. The Hall–Kier alpha value is -0.600. The van der Waals surface area contributed by atoms with Crippen molar-refractivity contribution in [1.29, 1.82) is 0 Å². The molecule has 8 heavy (non-hydrogen) atoms. The van der Waals surface area contributed by atoms with E-state index in [0.29, 0.717) is 0 Å². The van der Waals surface area contributed by atoms with Gasteiger partial charge in [0.25, 0.3) is 0 Å². The lowest BCUT2D eigenvalue weighted by Crippen LogP contribution is -2.29. The lowest BCUT2D eigenvalue weighted by atomic mass is 10.2. The number of hydrogen-bond acceptors (Lipinski definition) is 1. The normalized spacial score (nSPS) is 10.9. The first-order valence-corrected chi connectivity index (χ1v) is 2.35. The molecule has 1 N–H and O–H groups in total. The topological polar surface area (TPSA) is 29.1 Å². The van der Waals surface area contributed by atoms with Crippen LogP contribution < -0.4 is 5.32 Å². The molecule has 0 aromatic rings. The van der Waals surface area contributed by atoms with Gasteiger partial charge in [0.2, 0.25) is 0 Å². The van der Waals surface area contributed by atoms with Gasteiger partial charge in [-0.3, -0.25) is 4.79 Å². The zero-order chi connectivity index (χ0) is 6.62. The molecule has 0 aliphatic heterocycles. The van der Waals surface area contributed by atoms with Crippen LogP contribution >= 0.6 is 0 Å². The molecular weight excluding hydrogens is 109 g/mol. The van der Waals surface area contributed by atoms with E-state index < -0.39 is 5.67 Å². The molecule has 0 rings (SSSR count). The number of nitrogens with one attached hydrogen (secondary N) is 1. The summed E-state index contributed by atoms with van der Waals surface area (Å²) in [6.07, 6.45) is 1.38. The largest absolute Gasteiger partial charge is 0.345 e. The van der Waals surface area contributed by atoms with Crippen LogP contribution in [0.2, 0.25) is 0 Å². The highest BCUT2D eigenvalue weighted by Crippen LogP contribution is 2.03. The van der Waals surface area contributed by atoms with Crippen LogP contribution in [-0.2, 0) is 4.79 Å². The molecule has 0 atom stereocenters. The van der Waals surface area contributed by atoms with E-state index in [4.69, 9.17) is 0 Å². The van der Waals surface area contributed by atoms with Crippen LogP contribution in [0.3, 0.4) is 0 Å². The molecule has 1 radical (unpaired) electrons. The van der Waals surface area contributed by atoms with E-state index >= 15 is 0 Å². The van der Waals surface area contributed by atoms with E-state index in [1.54, 1.807) is 0 Å². The Morgan fingerprint density at radius 2 is 2.25 bits per heavy atom. The predicted octanol–water partition coefficient (Wildman–Crippen LogP) is 0.391. The predicted molar refractivity (Wildman–Crippen MR) is 28.9 cm³/mol. The smallest absolute Gasteiger partial charge is 0.309 e. The summed E-state index contributed by atoms with van der Waals surface area (Å²) in [7, 11) is 0. The van der Waals surface area contributed by atoms with Crippen LogP contribution in [0, 0.1) is 0 Å². The summed E-state index contributed by atoms with van der Waals surface area (Å²) in [5.74, 6) is 0. The van der Waals surface area contributed by atoms with E-state index in [1.807, 2.05) is 0 Å². The van der Waals surface area contributed by atoms with Crippen molar-refractivity contribution in [2.24, 2.45) is 0 Å². The van der Waals surface area contributed by atoms with Crippen molar-refractivity contribution in [3.63, 3.8) is 0 Å².